The topological polar surface area (TPSA) is 64.1 Å². The van der Waals surface area contributed by atoms with Gasteiger partial charge in [0.15, 0.2) is 6.10 Å². The number of nitrogens with one attached hydrogen (secondary N) is 1. The molecule has 0 saturated heterocycles. The van der Waals surface area contributed by atoms with E-state index in [0.29, 0.717) is 16.5 Å². The van der Waals surface area contributed by atoms with E-state index in [-0.39, 0.29) is 5.91 Å². The highest BCUT2D eigenvalue weighted by atomic mass is 35.5. The summed E-state index contributed by atoms with van der Waals surface area (Å²) in [5.41, 5.74) is 4.08. The van der Waals surface area contributed by atoms with Gasteiger partial charge in [-0.25, -0.2) is 4.98 Å². The number of benzene rings is 3. The number of anilines is 1. The van der Waals surface area contributed by atoms with E-state index < -0.39 is 6.10 Å². The van der Waals surface area contributed by atoms with Crippen LogP contribution in [0.1, 0.15) is 6.92 Å². The first-order valence-corrected chi connectivity index (χ1v) is 9.51. The van der Waals surface area contributed by atoms with Gasteiger partial charge in [-0.2, -0.15) is 0 Å². The van der Waals surface area contributed by atoms with E-state index in [1.54, 1.807) is 37.4 Å². The molecule has 0 aliphatic carbocycles. The number of hydrogen-bond donors (Lipinski definition) is 1. The standard InChI is InChI=1S/C23H18ClN3O2/c1-15(23(28)26-18-10-8-17(24)9-11-18)29-19-12-6-16(7-13-19)22-14-25-20-4-2-3-5-21(20)27-22/h2-15H,1H3,(H,26,28)/t15-/m1/s1. The number of carbonyl (C=O) groups is 1. The van der Waals surface area contributed by atoms with Gasteiger partial charge in [-0.15, -0.1) is 0 Å². The lowest BCUT2D eigenvalue weighted by Crippen LogP contribution is -2.30. The Bertz CT molecular complexity index is 1140. The van der Waals surface area contributed by atoms with Crippen LogP contribution in [0.5, 0.6) is 5.75 Å². The van der Waals surface area contributed by atoms with Crippen LogP contribution in [0.2, 0.25) is 5.02 Å². The molecule has 29 heavy (non-hydrogen) atoms. The Labute approximate surface area is 173 Å². The molecule has 0 aliphatic heterocycles. The van der Waals surface area contributed by atoms with Crippen molar-refractivity contribution < 1.29 is 9.53 Å². The van der Waals surface area contributed by atoms with Gasteiger partial charge in [-0.05, 0) is 67.6 Å². The van der Waals surface area contributed by atoms with Crippen LogP contribution in [0.25, 0.3) is 22.3 Å². The van der Waals surface area contributed by atoms with Gasteiger partial charge in [-0.3, -0.25) is 9.78 Å². The fourth-order valence-electron chi connectivity index (χ4n) is 2.84. The molecule has 1 aromatic heterocycles. The molecule has 1 amide bonds. The maximum absolute atomic E-state index is 12.3. The highest BCUT2D eigenvalue weighted by Gasteiger charge is 2.15. The molecular formula is C23H18ClN3O2. The maximum atomic E-state index is 12.3. The van der Waals surface area contributed by atoms with Gasteiger partial charge in [0.2, 0.25) is 0 Å². The molecule has 3 aromatic carbocycles. The van der Waals surface area contributed by atoms with E-state index in [9.17, 15) is 4.79 Å². The maximum Gasteiger partial charge on any atom is 0.265 e. The van der Waals surface area contributed by atoms with Gasteiger partial charge in [0, 0.05) is 16.3 Å². The second-order valence-corrected chi connectivity index (χ2v) is 6.96. The van der Waals surface area contributed by atoms with Gasteiger partial charge in [-0.1, -0.05) is 23.7 Å². The first-order valence-electron chi connectivity index (χ1n) is 9.14. The Kier molecular flexibility index (Phi) is 5.40. The number of fused-ring (bicyclic) bond motifs is 1. The molecular weight excluding hydrogens is 386 g/mol. The summed E-state index contributed by atoms with van der Waals surface area (Å²) in [5.74, 6) is 0.359. The molecule has 1 atom stereocenters. The minimum absolute atomic E-state index is 0.239. The van der Waals surface area contributed by atoms with Crippen LogP contribution in [0, 0.1) is 0 Å². The summed E-state index contributed by atoms with van der Waals surface area (Å²) in [6.07, 6.45) is 1.09. The lowest BCUT2D eigenvalue weighted by Gasteiger charge is -2.15. The van der Waals surface area contributed by atoms with E-state index in [1.165, 1.54) is 0 Å². The van der Waals surface area contributed by atoms with Crippen molar-refractivity contribution in [3.63, 3.8) is 0 Å². The molecule has 0 saturated carbocycles. The summed E-state index contributed by atoms with van der Waals surface area (Å²) >= 11 is 5.86. The second-order valence-electron chi connectivity index (χ2n) is 6.52. The average molecular weight is 404 g/mol. The molecule has 1 heterocycles. The summed E-state index contributed by atoms with van der Waals surface area (Å²) in [6.45, 7) is 1.70. The molecule has 0 spiro atoms. The minimum Gasteiger partial charge on any atom is -0.481 e. The molecule has 4 aromatic rings. The first kappa shape index (κ1) is 18.9. The van der Waals surface area contributed by atoms with Crippen LogP contribution in [0.4, 0.5) is 5.69 Å². The zero-order chi connectivity index (χ0) is 20.2. The molecule has 4 rings (SSSR count). The van der Waals surface area contributed by atoms with Crippen LogP contribution >= 0.6 is 11.6 Å². The number of hydrogen-bond acceptors (Lipinski definition) is 4. The summed E-state index contributed by atoms with van der Waals surface area (Å²) in [7, 11) is 0. The summed E-state index contributed by atoms with van der Waals surface area (Å²) in [4.78, 5) is 21.4. The normalized spacial score (nSPS) is 11.8. The highest BCUT2D eigenvalue weighted by Crippen LogP contribution is 2.23. The predicted molar refractivity (Wildman–Crippen MR) is 115 cm³/mol. The zero-order valence-corrected chi connectivity index (χ0v) is 16.4. The predicted octanol–water partition coefficient (Wildman–Crippen LogP) is 5.36. The molecule has 144 valence electrons. The van der Waals surface area contributed by atoms with Gasteiger partial charge in [0.25, 0.3) is 5.91 Å². The van der Waals surface area contributed by atoms with Gasteiger partial charge in [0.05, 0.1) is 22.9 Å². The van der Waals surface area contributed by atoms with Gasteiger partial charge >= 0.3 is 0 Å². The Morgan fingerprint density at radius 1 is 0.966 bits per heavy atom. The third kappa shape index (κ3) is 4.52. The van der Waals surface area contributed by atoms with E-state index in [1.807, 2.05) is 48.5 Å². The first-order chi connectivity index (χ1) is 14.1. The molecule has 0 aliphatic rings. The van der Waals surface area contributed by atoms with Crippen LogP contribution in [0.3, 0.4) is 0 Å². The highest BCUT2D eigenvalue weighted by molar-refractivity contribution is 6.30. The van der Waals surface area contributed by atoms with Crippen molar-refractivity contribution in [2.45, 2.75) is 13.0 Å². The number of amides is 1. The summed E-state index contributed by atoms with van der Waals surface area (Å²) in [6, 6.07) is 22.1. The van der Waals surface area contributed by atoms with Crippen molar-refractivity contribution in [3.05, 3.63) is 84.0 Å². The minimum atomic E-state index is -0.656. The second kappa shape index (κ2) is 8.29. The molecule has 5 nitrogen and oxygen atoms in total. The van der Waals surface area contributed by atoms with Crippen LogP contribution in [-0.4, -0.2) is 22.0 Å². The Balaban J connectivity index is 1.43. The fourth-order valence-corrected chi connectivity index (χ4v) is 2.96. The monoisotopic (exact) mass is 403 g/mol. The average Bonchev–Trinajstić information content (AvgIpc) is 2.75. The number of rotatable bonds is 5. The number of carbonyl (C=O) groups excluding carboxylic acids is 1. The SMILES string of the molecule is C[C@@H](Oc1ccc(-c2cnc3ccccc3n2)cc1)C(=O)Nc1ccc(Cl)cc1. The largest absolute Gasteiger partial charge is 0.481 e. The van der Waals surface area contributed by atoms with Crippen molar-refractivity contribution in [1.82, 2.24) is 9.97 Å². The van der Waals surface area contributed by atoms with Crippen molar-refractivity contribution >= 4 is 34.2 Å². The van der Waals surface area contributed by atoms with Crippen molar-refractivity contribution in [1.29, 1.82) is 0 Å². The third-order valence-electron chi connectivity index (χ3n) is 4.39. The van der Waals surface area contributed by atoms with Crippen LogP contribution in [0.15, 0.2) is 79.0 Å². The van der Waals surface area contributed by atoms with Gasteiger partial charge in [0.1, 0.15) is 5.75 Å². The number of nitrogens with zero attached hydrogens (tertiary/aromatic N) is 2. The third-order valence-corrected chi connectivity index (χ3v) is 4.64. The van der Waals surface area contributed by atoms with Crippen molar-refractivity contribution in [3.8, 4) is 17.0 Å². The van der Waals surface area contributed by atoms with Crippen molar-refractivity contribution in [2.24, 2.45) is 0 Å². The lowest BCUT2D eigenvalue weighted by molar-refractivity contribution is -0.122. The summed E-state index contributed by atoms with van der Waals surface area (Å²) in [5, 5.41) is 3.42. The zero-order valence-electron chi connectivity index (χ0n) is 15.7. The van der Waals surface area contributed by atoms with E-state index in [0.717, 1.165) is 22.3 Å². The van der Waals surface area contributed by atoms with Crippen LogP contribution in [-0.2, 0) is 4.79 Å². The number of halogens is 1. The quantitative estimate of drug-likeness (QED) is 0.487. The Morgan fingerprint density at radius 2 is 1.66 bits per heavy atom. The number of ether oxygens (including phenoxy) is 1. The van der Waals surface area contributed by atoms with Crippen molar-refractivity contribution in [2.75, 3.05) is 5.32 Å². The molecule has 0 unspecified atom stereocenters. The van der Waals surface area contributed by atoms with Crippen LogP contribution < -0.4 is 10.1 Å². The van der Waals surface area contributed by atoms with E-state index in [2.05, 4.69) is 15.3 Å². The fraction of sp³-hybridized carbons (Fsp3) is 0.0870. The number of aromatic nitrogens is 2. The number of para-hydroxylation sites is 2. The summed E-state index contributed by atoms with van der Waals surface area (Å²) < 4.78 is 5.76. The smallest absolute Gasteiger partial charge is 0.265 e. The molecule has 0 radical (unpaired) electrons. The van der Waals surface area contributed by atoms with E-state index in [4.69, 9.17) is 16.3 Å². The van der Waals surface area contributed by atoms with E-state index >= 15 is 0 Å². The molecule has 1 N–H and O–H groups in total. The molecule has 0 fully saturated rings. The Hall–Kier alpha value is -3.44. The van der Waals surface area contributed by atoms with Gasteiger partial charge < -0.3 is 10.1 Å². The molecule has 0 bridgehead atoms. The molecule has 6 heteroatoms. The lowest BCUT2D eigenvalue weighted by atomic mass is 10.1. The Morgan fingerprint density at radius 3 is 2.38 bits per heavy atom.